The van der Waals surface area contributed by atoms with Crippen molar-refractivity contribution < 1.29 is 18.3 Å². The number of hydrogen-bond donors (Lipinski definition) is 1. The summed E-state index contributed by atoms with van der Waals surface area (Å²) in [5, 5.41) is 8.60. The Balaban J connectivity index is 2.24. The van der Waals surface area contributed by atoms with E-state index in [1.54, 1.807) is 0 Å². The molecule has 0 aromatic carbocycles. The second kappa shape index (κ2) is 3.01. The SMILES string of the molecule is OC(CC1CCC1)C(F)(F)F. The van der Waals surface area contributed by atoms with Gasteiger partial charge in [-0.15, -0.1) is 0 Å². The van der Waals surface area contributed by atoms with Crippen molar-refractivity contribution in [3.63, 3.8) is 0 Å². The number of aliphatic hydroxyl groups excluding tert-OH is 1. The van der Waals surface area contributed by atoms with Crippen LogP contribution in [0, 0.1) is 5.92 Å². The number of halogens is 3. The minimum absolute atomic E-state index is 0.103. The van der Waals surface area contributed by atoms with Crippen LogP contribution in [0.5, 0.6) is 0 Å². The summed E-state index contributed by atoms with van der Waals surface area (Å²) in [6.45, 7) is 0. The Morgan fingerprint density at radius 2 is 1.91 bits per heavy atom. The average molecular weight is 168 g/mol. The van der Waals surface area contributed by atoms with Crippen LogP contribution in [0.15, 0.2) is 0 Å². The number of hydrogen-bond acceptors (Lipinski definition) is 1. The Bertz CT molecular complexity index is 128. The zero-order chi connectivity index (χ0) is 8.48. The quantitative estimate of drug-likeness (QED) is 0.669. The lowest BCUT2D eigenvalue weighted by molar-refractivity contribution is -0.210. The van der Waals surface area contributed by atoms with E-state index in [1.807, 2.05) is 0 Å². The average Bonchev–Trinajstić information content (AvgIpc) is 1.75. The van der Waals surface area contributed by atoms with E-state index < -0.39 is 12.3 Å². The molecule has 1 rings (SSSR count). The van der Waals surface area contributed by atoms with Crippen LogP contribution >= 0.6 is 0 Å². The molecule has 0 bridgehead atoms. The largest absolute Gasteiger partial charge is 0.414 e. The van der Waals surface area contributed by atoms with Crippen LogP contribution in [-0.2, 0) is 0 Å². The molecule has 0 amide bonds. The zero-order valence-electron chi connectivity index (χ0n) is 6.06. The van der Waals surface area contributed by atoms with Crippen LogP contribution < -0.4 is 0 Å². The first-order valence-corrected chi connectivity index (χ1v) is 3.75. The molecule has 0 radical (unpaired) electrons. The number of alkyl halides is 3. The molecule has 0 spiro atoms. The maximum Gasteiger partial charge on any atom is 0.414 e. The van der Waals surface area contributed by atoms with Crippen molar-refractivity contribution in [2.75, 3.05) is 0 Å². The van der Waals surface area contributed by atoms with Crippen LogP contribution in [0.4, 0.5) is 13.2 Å². The van der Waals surface area contributed by atoms with Gasteiger partial charge in [0.05, 0.1) is 0 Å². The molecule has 11 heavy (non-hydrogen) atoms. The summed E-state index contributed by atoms with van der Waals surface area (Å²) in [4.78, 5) is 0. The monoisotopic (exact) mass is 168 g/mol. The summed E-state index contributed by atoms with van der Waals surface area (Å²) >= 11 is 0. The van der Waals surface area contributed by atoms with Crippen molar-refractivity contribution in [2.45, 2.75) is 38.0 Å². The third kappa shape index (κ3) is 2.36. The molecule has 1 fully saturated rings. The van der Waals surface area contributed by atoms with Gasteiger partial charge in [-0.1, -0.05) is 19.3 Å². The van der Waals surface area contributed by atoms with Gasteiger partial charge in [-0.05, 0) is 12.3 Å². The highest BCUT2D eigenvalue weighted by molar-refractivity contribution is 4.76. The number of rotatable bonds is 2. The lowest BCUT2D eigenvalue weighted by atomic mass is 9.81. The lowest BCUT2D eigenvalue weighted by Crippen LogP contribution is -2.32. The van der Waals surface area contributed by atoms with Gasteiger partial charge in [-0.25, -0.2) is 0 Å². The van der Waals surface area contributed by atoms with Gasteiger partial charge in [0.1, 0.15) is 6.10 Å². The fraction of sp³-hybridized carbons (Fsp3) is 1.00. The van der Waals surface area contributed by atoms with Crippen molar-refractivity contribution >= 4 is 0 Å². The molecule has 0 heterocycles. The maximum atomic E-state index is 11.7. The van der Waals surface area contributed by atoms with E-state index in [-0.39, 0.29) is 12.3 Å². The van der Waals surface area contributed by atoms with Gasteiger partial charge in [0, 0.05) is 0 Å². The van der Waals surface area contributed by atoms with Crippen molar-refractivity contribution in [1.29, 1.82) is 0 Å². The van der Waals surface area contributed by atoms with Crippen LogP contribution in [0.1, 0.15) is 25.7 Å². The minimum atomic E-state index is -4.42. The van der Waals surface area contributed by atoms with E-state index in [2.05, 4.69) is 0 Å². The fourth-order valence-corrected chi connectivity index (χ4v) is 1.18. The highest BCUT2D eigenvalue weighted by Gasteiger charge is 2.40. The summed E-state index contributed by atoms with van der Waals surface area (Å²) < 4.78 is 35.2. The Labute approximate surface area is 63.2 Å². The van der Waals surface area contributed by atoms with Gasteiger partial charge >= 0.3 is 6.18 Å². The smallest absolute Gasteiger partial charge is 0.384 e. The van der Waals surface area contributed by atoms with E-state index in [0.29, 0.717) is 0 Å². The van der Waals surface area contributed by atoms with Gasteiger partial charge in [-0.3, -0.25) is 0 Å². The second-order valence-electron chi connectivity index (χ2n) is 3.09. The molecule has 1 aliphatic rings. The molecule has 0 saturated heterocycles. The van der Waals surface area contributed by atoms with Crippen LogP contribution in [-0.4, -0.2) is 17.4 Å². The maximum absolute atomic E-state index is 11.7. The Morgan fingerprint density at radius 1 is 1.36 bits per heavy atom. The van der Waals surface area contributed by atoms with Gasteiger partial charge in [0.15, 0.2) is 0 Å². The third-order valence-corrected chi connectivity index (χ3v) is 2.16. The van der Waals surface area contributed by atoms with E-state index in [9.17, 15) is 13.2 Å². The van der Waals surface area contributed by atoms with Gasteiger partial charge in [0.2, 0.25) is 0 Å². The topological polar surface area (TPSA) is 20.2 Å². The fourth-order valence-electron chi connectivity index (χ4n) is 1.18. The summed E-state index contributed by atoms with van der Waals surface area (Å²) in [6.07, 6.45) is -3.94. The predicted octanol–water partition coefficient (Wildman–Crippen LogP) is 2.10. The van der Waals surface area contributed by atoms with E-state index in [1.165, 1.54) is 0 Å². The first kappa shape index (κ1) is 8.84. The molecule has 1 saturated carbocycles. The summed E-state index contributed by atoms with van der Waals surface area (Å²) in [5.41, 5.74) is 0. The molecular formula is C7H11F3O. The summed E-state index contributed by atoms with van der Waals surface area (Å²) in [5.74, 6) is 0.103. The molecule has 1 N–H and O–H groups in total. The van der Waals surface area contributed by atoms with E-state index in [4.69, 9.17) is 5.11 Å². The summed E-state index contributed by atoms with van der Waals surface area (Å²) in [7, 11) is 0. The highest BCUT2D eigenvalue weighted by atomic mass is 19.4. The molecule has 66 valence electrons. The molecule has 1 nitrogen and oxygen atoms in total. The molecule has 0 aromatic rings. The van der Waals surface area contributed by atoms with E-state index >= 15 is 0 Å². The van der Waals surface area contributed by atoms with Crippen LogP contribution in [0.3, 0.4) is 0 Å². The predicted molar refractivity (Wildman–Crippen MR) is 34.0 cm³/mol. The van der Waals surface area contributed by atoms with Crippen LogP contribution in [0.25, 0.3) is 0 Å². The van der Waals surface area contributed by atoms with Crippen molar-refractivity contribution in [2.24, 2.45) is 5.92 Å². The standard InChI is InChI=1S/C7H11F3O/c8-7(9,10)6(11)4-5-2-1-3-5/h5-6,11H,1-4H2. The molecule has 0 aliphatic heterocycles. The lowest BCUT2D eigenvalue weighted by Gasteiger charge is -2.28. The van der Waals surface area contributed by atoms with Crippen LogP contribution in [0.2, 0.25) is 0 Å². The zero-order valence-corrected chi connectivity index (χ0v) is 6.06. The van der Waals surface area contributed by atoms with Crippen molar-refractivity contribution in [1.82, 2.24) is 0 Å². The van der Waals surface area contributed by atoms with Gasteiger partial charge < -0.3 is 5.11 Å². The molecule has 1 atom stereocenters. The van der Waals surface area contributed by atoms with Gasteiger partial charge in [0.25, 0.3) is 0 Å². The molecule has 1 aliphatic carbocycles. The van der Waals surface area contributed by atoms with Gasteiger partial charge in [-0.2, -0.15) is 13.2 Å². The third-order valence-electron chi connectivity index (χ3n) is 2.16. The Kier molecular flexibility index (Phi) is 2.42. The minimum Gasteiger partial charge on any atom is -0.384 e. The first-order chi connectivity index (χ1) is 5.00. The summed E-state index contributed by atoms with van der Waals surface area (Å²) in [6, 6.07) is 0. The highest BCUT2D eigenvalue weighted by Crippen LogP contribution is 2.34. The molecule has 0 aromatic heterocycles. The molecule has 4 heteroatoms. The second-order valence-corrected chi connectivity index (χ2v) is 3.09. The Hall–Kier alpha value is -0.250. The Morgan fingerprint density at radius 3 is 2.18 bits per heavy atom. The normalized spacial score (nSPS) is 22.9. The van der Waals surface area contributed by atoms with E-state index in [0.717, 1.165) is 19.3 Å². The number of aliphatic hydroxyl groups is 1. The molecule has 1 unspecified atom stereocenters. The first-order valence-electron chi connectivity index (χ1n) is 3.75. The van der Waals surface area contributed by atoms with Crippen molar-refractivity contribution in [3.8, 4) is 0 Å². The van der Waals surface area contributed by atoms with Crippen molar-refractivity contribution in [3.05, 3.63) is 0 Å². The molecular weight excluding hydrogens is 157 g/mol.